The zero-order valence-electron chi connectivity index (χ0n) is 17.5. The number of aromatic nitrogens is 4. The van der Waals surface area contributed by atoms with Gasteiger partial charge in [0.1, 0.15) is 18.5 Å². The fraction of sp³-hybridized carbons (Fsp3) is 0.368. The lowest BCUT2D eigenvalue weighted by Crippen LogP contribution is -2.32. The first-order chi connectivity index (χ1) is 15.8. The molecular formula is C19H23N6O7P. The van der Waals surface area contributed by atoms with Gasteiger partial charge >= 0.3 is 13.6 Å². The molecule has 5 atom stereocenters. The maximum atomic E-state index is 12.3. The summed E-state index contributed by atoms with van der Waals surface area (Å²) in [5.41, 5.74) is 1.09. The fourth-order valence-corrected chi connectivity index (χ4v) is 4.26. The van der Waals surface area contributed by atoms with E-state index in [1.165, 1.54) is 17.2 Å². The molecule has 3 heterocycles. The Bertz CT molecular complexity index is 1180. The minimum Gasteiger partial charge on any atom is -0.388 e. The SMILES string of the molecule is COP(=O)(O)CC[C@H]1OC(n2cnc3c(NC(=O)Nc4ccccc4)ncnc32)C(O)C1O. The topological polar surface area (TPSA) is 181 Å². The second-order valence-corrected chi connectivity index (χ2v) is 9.46. The number of para-hydroxylation sites is 1. The predicted molar refractivity (Wildman–Crippen MR) is 117 cm³/mol. The highest BCUT2D eigenvalue weighted by Gasteiger charge is 2.44. The lowest BCUT2D eigenvalue weighted by molar-refractivity contribution is -0.0356. The molecule has 4 unspecified atom stereocenters. The Morgan fingerprint density at radius 3 is 2.67 bits per heavy atom. The van der Waals surface area contributed by atoms with Crippen LogP contribution in [0.5, 0.6) is 0 Å². The number of hydrogen-bond donors (Lipinski definition) is 5. The lowest BCUT2D eigenvalue weighted by atomic mass is 10.1. The third kappa shape index (κ3) is 5.03. The highest BCUT2D eigenvalue weighted by Crippen LogP contribution is 2.43. The number of benzene rings is 1. The Morgan fingerprint density at radius 2 is 1.94 bits per heavy atom. The number of urea groups is 1. The minimum atomic E-state index is -3.80. The number of fused-ring (bicyclic) bond motifs is 1. The van der Waals surface area contributed by atoms with Crippen LogP contribution in [0, 0.1) is 0 Å². The molecule has 1 aromatic carbocycles. The van der Waals surface area contributed by atoms with Crippen LogP contribution >= 0.6 is 7.60 Å². The maximum Gasteiger partial charge on any atom is 0.327 e. The molecule has 0 saturated carbocycles. The molecule has 13 nitrogen and oxygen atoms in total. The number of aliphatic hydroxyl groups is 2. The minimum absolute atomic E-state index is 0.00950. The average molecular weight is 478 g/mol. The Morgan fingerprint density at radius 1 is 1.18 bits per heavy atom. The summed E-state index contributed by atoms with van der Waals surface area (Å²) in [5.74, 6) is 0.137. The van der Waals surface area contributed by atoms with E-state index < -0.39 is 38.2 Å². The van der Waals surface area contributed by atoms with Crippen LogP contribution in [-0.2, 0) is 13.8 Å². The van der Waals surface area contributed by atoms with Crippen molar-refractivity contribution in [3.8, 4) is 0 Å². The number of aliphatic hydroxyl groups excluding tert-OH is 2. The third-order valence-corrected chi connectivity index (χ3v) is 6.61. The molecule has 0 radical (unpaired) electrons. The van der Waals surface area contributed by atoms with Crippen LogP contribution in [0.15, 0.2) is 43.0 Å². The molecule has 2 amide bonds. The van der Waals surface area contributed by atoms with E-state index in [2.05, 4.69) is 30.1 Å². The monoisotopic (exact) mass is 478 g/mol. The van der Waals surface area contributed by atoms with E-state index in [0.717, 1.165) is 7.11 Å². The van der Waals surface area contributed by atoms with Gasteiger partial charge in [0, 0.05) is 12.8 Å². The van der Waals surface area contributed by atoms with Crippen molar-refractivity contribution < 1.29 is 33.7 Å². The number of hydrogen-bond acceptors (Lipinski definition) is 9. The molecule has 33 heavy (non-hydrogen) atoms. The van der Waals surface area contributed by atoms with E-state index in [1.807, 2.05) is 6.07 Å². The number of imidazole rings is 1. The lowest BCUT2D eigenvalue weighted by Gasteiger charge is -2.17. The van der Waals surface area contributed by atoms with Crippen LogP contribution in [-0.4, -0.2) is 72.2 Å². The predicted octanol–water partition coefficient (Wildman–Crippen LogP) is 1.31. The summed E-state index contributed by atoms with van der Waals surface area (Å²) in [6.45, 7) is 0. The van der Waals surface area contributed by atoms with Gasteiger partial charge in [-0.15, -0.1) is 0 Å². The summed E-state index contributed by atoms with van der Waals surface area (Å²) in [7, 11) is -2.68. The highest BCUT2D eigenvalue weighted by molar-refractivity contribution is 7.52. The second kappa shape index (κ2) is 9.51. The van der Waals surface area contributed by atoms with Crippen molar-refractivity contribution in [1.82, 2.24) is 19.5 Å². The standard InChI is InChI=1S/C19H23N6O7P/c1-31-33(29,30)8-7-12-14(26)15(27)18(32-12)25-10-22-13-16(20-9-21-17(13)25)24-19(28)23-11-5-3-2-4-6-11/h2-6,9-10,12,14-15,18,26-27H,7-8H2,1H3,(H,29,30)(H2,20,21,23,24,28)/t12-,14?,15?,18?/m1/s1. The Labute approximate surface area is 187 Å². The van der Waals surface area contributed by atoms with Gasteiger partial charge in [-0.3, -0.25) is 14.4 Å². The van der Waals surface area contributed by atoms with Gasteiger partial charge in [-0.2, -0.15) is 0 Å². The van der Waals surface area contributed by atoms with E-state index in [-0.39, 0.29) is 29.6 Å². The van der Waals surface area contributed by atoms with Gasteiger partial charge in [0.15, 0.2) is 23.2 Å². The molecular weight excluding hydrogens is 455 g/mol. The van der Waals surface area contributed by atoms with Crippen LogP contribution in [0.4, 0.5) is 16.3 Å². The number of rotatable bonds is 7. The Hall–Kier alpha value is -2.93. The summed E-state index contributed by atoms with van der Waals surface area (Å²) in [4.78, 5) is 34.4. The van der Waals surface area contributed by atoms with Crippen molar-refractivity contribution in [2.75, 3.05) is 23.9 Å². The molecule has 1 aliphatic heterocycles. The molecule has 1 aliphatic rings. The molecule has 0 bridgehead atoms. The molecule has 5 N–H and O–H groups in total. The first kappa shape index (κ1) is 23.2. The Balaban J connectivity index is 1.51. The van der Waals surface area contributed by atoms with Crippen LogP contribution in [0.2, 0.25) is 0 Å². The van der Waals surface area contributed by atoms with E-state index >= 15 is 0 Å². The first-order valence-electron chi connectivity index (χ1n) is 9.99. The third-order valence-electron chi connectivity index (χ3n) is 5.22. The largest absolute Gasteiger partial charge is 0.388 e. The van der Waals surface area contributed by atoms with Gasteiger partial charge in [0.25, 0.3) is 0 Å². The molecule has 2 aromatic heterocycles. The number of carbonyl (C=O) groups excluding carboxylic acids is 1. The molecule has 3 aromatic rings. The molecule has 176 valence electrons. The van der Waals surface area contributed by atoms with Gasteiger partial charge in [0.05, 0.1) is 18.6 Å². The number of carbonyl (C=O) groups is 1. The summed E-state index contributed by atoms with van der Waals surface area (Å²) in [6, 6.07) is 8.31. The number of ether oxygens (including phenoxy) is 1. The van der Waals surface area contributed by atoms with E-state index in [1.54, 1.807) is 24.3 Å². The molecule has 4 rings (SSSR count). The average Bonchev–Trinajstić information content (AvgIpc) is 3.35. The summed E-state index contributed by atoms with van der Waals surface area (Å²) in [6.07, 6.45) is -2.32. The van der Waals surface area contributed by atoms with Crippen LogP contribution in [0.25, 0.3) is 11.2 Å². The van der Waals surface area contributed by atoms with E-state index in [4.69, 9.17) is 4.74 Å². The van der Waals surface area contributed by atoms with Crippen LogP contribution < -0.4 is 10.6 Å². The van der Waals surface area contributed by atoms with Gasteiger partial charge < -0.3 is 29.7 Å². The molecule has 0 aliphatic carbocycles. The molecule has 1 fully saturated rings. The zero-order valence-corrected chi connectivity index (χ0v) is 18.4. The van der Waals surface area contributed by atoms with Crippen LogP contribution in [0.1, 0.15) is 12.6 Å². The van der Waals surface area contributed by atoms with Gasteiger partial charge in [-0.05, 0) is 18.6 Å². The van der Waals surface area contributed by atoms with Crippen molar-refractivity contribution in [1.29, 1.82) is 0 Å². The van der Waals surface area contributed by atoms with Crippen molar-refractivity contribution >= 4 is 36.3 Å². The van der Waals surface area contributed by atoms with Gasteiger partial charge in [-0.1, -0.05) is 18.2 Å². The van der Waals surface area contributed by atoms with Crippen molar-refractivity contribution in [3.05, 3.63) is 43.0 Å². The molecule has 1 saturated heterocycles. The summed E-state index contributed by atoms with van der Waals surface area (Å²) >= 11 is 0. The van der Waals surface area contributed by atoms with Crippen molar-refractivity contribution in [2.45, 2.75) is 31.0 Å². The summed E-state index contributed by atoms with van der Waals surface area (Å²) < 4.78 is 23.4. The van der Waals surface area contributed by atoms with Gasteiger partial charge in [0.2, 0.25) is 0 Å². The van der Waals surface area contributed by atoms with Crippen molar-refractivity contribution in [3.63, 3.8) is 0 Å². The smallest absolute Gasteiger partial charge is 0.327 e. The number of nitrogens with zero attached hydrogens (tertiary/aromatic N) is 4. The molecule has 14 heteroatoms. The van der Waals surface area contributed by atoms with E-state index in [0.29, 0.717) is 5.69 Å². The second-order valence-electron chi connectivity index (χ2n) is 7.37. The number of anilines is 2. The quantitative estimate of drug-likeness (QED) is 0.311. The van der Waals surface area contributed by atoms with Crippen molar-refractivity contribution in [2.24, 2.45) is 0 Å². The number of nitrogens with one attached hydrogen (secondary N) is 2. The normalized spacial score (nSPS) is 24.5. The fourth-order valence-electron chi connectivity index (χ4n) is 3.50. The Kier molecular flexibility index (Phi) is 6.70. The highest BCUT2D eigenvalue weighted by atomic mass is 31.2. The number of amides is 2. The van der Waals surface area contributed by atoms with Gasteiger partial charge in [-0.25, -0.2) is 19.7 Å². The molecule has 0 spiro atoms. The first-order valence-corrected chi connectivity index (χ1v) is 11.7. The maximum absolute atomic E-state index is 12.3. The van der Waals surface area contributed by atoms with Crippen LogP contribution in [0.3, 0.4) is 0 Å². The van der Waals surface area contributed by atoms with E-state index in [9.17, 15) is 24.5 Å². The zero-order chi connectivity index (χ0) is 23.6. The summed E-state index contributed by atoms with van der Waals surface area (Å²) in [5, 5.41) is 26.2.